The van der Waals surface area contributed by atoms with Crippen LogP contribution in [-0.4, -0.2) is 87.1 Å². The predicted molar refractivity (Wildman–Crippen MR) is 96.7 cm³/mol. The Morgan fingerprint density at radius 3 is 2.32 bits per heavy atom. The van der Waals surface area contributed by atoms with Gasteiger partial charge in [0.05, 0.1) is 0 Å². The maximum atomic E-state index is 4.36. The molecule has 22 heavy (non-hydrogen) atoms. The Bertz CT molecular complexity index is 297. The van der Waals surface area contributed by atoms with Gasteiger partial charge >= 0.3 is 0 Å². The van der Waals surface area contributed by atoms with Crippen LogP contribution in [0.25, 0.3) is 0 Å². The van der Waals surface area contributed by atoms with Gasteiger partial charge in [-0.15, -0.1) is 0 Å². The molecule has 0 spiro atoms. The average molecular weight is 312 g/mol. The van der Waals surface area contributed by atoms with Gasteiger partial charge in [0.2, 0.25) is 0 Å². The zero-order chi connectivity index (χ0) is 16.2. The zero-order valence-corrected chi connectivity index (χ0v) is 15.3. The predicted octanol–water partition coefficient (Wildman–Crippen LogP) is 1.71. The van der Waals surface area contributed by atoms with Crippen LogP contribution in [0, 0.1) is 0 Å². The number of nitrogens with one attached hydrogen (secondary N) is 1. The molecule has 0 aromatic rings. The molecule has 5 nitrogen and oxygen atoms in total. The summed E-state index contributed by atoms with van der Waals surface area (Å²) >= 11 is 0. The molecule has 1 heterocycles. The number of hydrogen-bond acceptors (Lipinski definition) is 3. The van der Waals surface area contributed by atoms with Gasteiger partial charge in [0.1, 0.15) is 0 Å². The number of guanidine groups is 1. The Hall–Kier alpha value is -0.810. The third-order valence-electron chi connectivity index (χ3n) is 4.52. The third-order valence-corrected chi connectivity index (χ3v) is 4.52. The van der Waals surface area contributed by atoms with E-state index in [-0.39, 0.29) is 0 Å². The fourth-order valence-electron chi connectivity index (χ4n) is 2.88. The highest BCUT2D eigenvalue weighted by Gasteiger charge is 2.14. The van der Waals surface area contributed by atoms with Crippen molar-refractivity contribution in [2.75, 3.05) is 66.5 Å². The molecule has 0 aromatic carbocycles. The molecule has 1 aliphatic heterocycles. The summed E-state index contributed by atoms with van der Waals surface area (Å²) < 4.78 is 0. The van der Waals surface area contributed by atoms with Crippen molar-refractivity contribution in [1.29, 1.82) is 0 Å². The van der Waals surface area contributed by atoms with Crippen molar-refractivity contribution in [3.8, 4) is 0 Å². The van der Waals surface area contributed by atoms with E-state index in [1.54, 1.807) is 0 Å². The van der Waals surface area contributed by atoms with Crippen molar-refractivity contribution in [2.24, 2.45) is 4.99 Å². The summed E-state index contributed by atoms with van der Waals surface area (Å²) in [6.07, 6.45) is 4.94. The van der Waals surface area contributed by atoms with Crippen molar-refractivity contribution in [2.45, 2.75) is 39.5 Å². The molecular formula is C17H37N5. The third kappa shape index (κ3) is 7.45. The minimum absolute atomic E-state index is 1.03. The van der Waals surface area contributed by atoms with E-state index in [0.717, 1.165) is 19.0 Å². The highest BCUT2D eigenvalue weighted by molar-refractivity contribution is 5.79. The van der Waals surface area contributed by atoms with Crippen LogP contribution >= 0.6 is 0 Å². The molecule has 0 amide bonds. The second kappa shape index (κ2) is 11.7. The molecule has 0 atom stereocenters. The summed E-state index contributed by atoms with van der Waals surface area (Å²) in [5.74, 6) is 1.03. The lowest BCUT2D eigenvalue weighted by atomic mass is 10.2. The highest BCUT2D eigenvalue weighted by Crippen LogP contribution is 2.03. The fraction of sp³-hybridized carbons (Fsp3) is 0.941. The van der Waals surface area contributed by atoms with E-state index in [0.29, 0.717) is 0 Å². The number of nitrogens with zero attached hydrogens (tertiary/aromatic N) is 4. The number of aliphatic imine (C=N–C) groups is 1. The van der Waals surface area contributed by atoms with Crippen molar-refractivity contribution >= 4 is 5.96 Å². The van der Waals surface area contributed by atoms with E-state index in [9.17, 15) is 0 Å². The van der Waals surface area contributed by atoms with E-state index >= 15 is 0 Å². The van der Waals surface area contributed by atoms with Crippen molar-refractivity contribution in [3.05, 3.63) is 0 Å². The van der Waals surface area contributed by atoms with Gasteiger partial charge in [-0.25, -0.2) is 0 Å². The molecule has 130 valence electrons. The maximum Gasteiger partial charge on any atom is 0.193 e. The van der Waals surface area contributed by atoms with Gasteiger partial charge in [0, 0.05) is 53.4 Å². The summed E-state index contributed by atoms with van der Waals surface area (Å²) in [6, 6.07) is 0. The van der Waals surface area contributed by atoms with Gasteiger partial charge in [-0.3, -0.25) is 4.99 Å². The summed E-state index contributed by atoms with van der Waals surface area (Å²) in [4.78, 5) is 11.7. The maximum absolute atomic E-state index is 4.36. The van der Waals surface area contributed by atoms with Crippen LogP contribution in [-0.2, 0) is 0 Å². The minimum atomic E-state index is 1.03. The van der Waals surface area contributed by atoms with Crippen LogP contribution in [0.1, 0.15) is 39.5 Å². The Morgan fingerprint density at radius 1 is 1.05 bits per heavy atom. The van der Waals surface area contributed by atoms with Gasteiger partial charge in [0.25, 0.3) is 0 Å². The standard InChI is InChI=1S/C17H37N5/c1-5-7-11-20(4)17(18-3)19-10-8-9-12-22-15-13-21(6-2)14-16-22/h5-16H2,1-4H3,(H,18,19). The first-order chi connectivity index (χ1) is 10.7. The molecule has 1 saturated heterocycles. The van der Waals surface area contributed by atoms with Gasteiger partial charge < -0.3 is 20.0 Å². The summed E-state index contributed by atoms with van der Waals surface area (Å²) in [6.45, 7) is 14.0. The summed E-state index contributed by atoms with van der Waals surface area (Å²) in [5.41, 5.74) is 0. The Balaban J connectivity index is 2.07. The number of unbranched alkanes of at least 4 members (excludes halogenated alkanes) is 2. The summed E-state index contributed by atoms with van der Waals surface area (Å²) in [7, 11) is 4.00. The molecule has 0 radical (unpaired) electrons. The van der Waals surface area contributed by atoms with Crippen LogP contribution in [0.4, 0.5) is 0 Å². The van der Waals surface area contributed by atoms with E-state index in [1.807, 2.05) is 7.05 Å². The van der Waals surface area contributed by atoms with Gasteiger partial charge in [-0.1, -0.05) is 20.3 Å². The summed E-state index contributed by atoms with van der Waals surface area (Å²) in [5, 5.41) is 3.48. The molecule has 1 N–H and O–H groups in total. The number of rotatable bonds is 9. The van der Waals surface area contributed by atoms with Crippen molar-refractivity contribution in [3.63, 3.8) is 0 Å². The van der Waals surface area contributed by atoms with Gasteiger partial charge in [-0.2, -0.15) is 0 Å². The monoisotopic (exact) mass is 311 g/mol. The molecule has 0 aliphatic carbocycles. The van der Waals surface area contributed by atoms with E-state index < -0.39 is 0 Å². The number of likely N-dealkylation sites (N-methyl/N-ethyl adjacent to an activating group) is 1. The molecule has 1 fully saturated rings. The average Bonchev–Trinajstić information content (AvgIpc) is 2.56. The first kappa shape index (κ1) is 19.2. The Morgan fingerprint density at radius 2 is 1.73 bits per heavy atom. The normalized spacial score (nSPS) is 17.7. The second-order valence-corrected chi connectivity index (χ2v) is 6.23. The molecule has 0 saturated carbocycles. The van der Waals surface area contributed by atoms with E-state index in [1.165, 1.54) is 65.0 Å². The first-order valence-corrected chi connectivity index (χ1v) is 9.07. The fourth-order valence-corrected chi connectivity index (χ4v) is 2.88. The molecule has 0 bridgehead atoms. The van der Waals surface area contributed by atoms with Crippen LogP contribution in [0.15, 0.2) is 4.99 Å². The highest BCUT2D eigenvalue weighted by atomic mass is 15.3. The SMILES string of the molecule is CCCCN(C)C(=NC)NCCCCN1CCN(CC)CC1. The van der Waals surface area contributed by atoms with Crippen LogP contribution < -0.4 is 5.32 Å². The molecule has 0 aromatic heterocycles. The molecule has 0 unspecified atom stereocenters. The first-order valence-electron chi connectivity index (χ1n) is 9.07. The minimum Gasteiger partial charge on any atom is -0.356 e. The molecule has 1 aliphatic rings. The van der Waals surface area contributed by atoms with Gasteiger partial charge in [-0.05, 0) is 32.4 Å². The molecular weight excluding hydrogens is 274 g/mol. The van der Waals surface area contributed by atoms with Crippen LogP contribution in [0.5, 0.6) is 0 Å². The topological polar surface area (TPSA) is 34.1 Å². The number of hydrogen-bond donors (Lipinski definition) is 1. The lowest BCUT2D eigenvalue weighted by molar-refractivity contribution is 0.136. The van der Waals surface area contributed by atoms with Gasteiger partial charge in [0.15, 0.2) is 5.96 Å². The second-order valence-electron chi connectivity index (χ2n) is 6.23. The van der Waals surface area contributed by atoms with Crippen LogP contribution in [0.2, 0.25) is 0 Å². The quantitative estimate of drug-likeness (QED) is 0.399. The lowest BCUT2D eigenvalue weighted by Gasteiger charge is -2.34. The number of piperazine rings is 1. The smallest absolute Gasteiger partial charge is 0.193 e. The van der Waals surface area contributed by atoms with Crippen LogP contribution in [0.3, 0.4) is 0 Å². The molecule has 1 rings (SSSR count). The lowest BCUT2D eigenvalue weighted by Crippen LogP contribution is -2.46. The largest absolute Gasteiger partial charge is 0.356 e. The molecule has 5 heteroatoms. The Kier molecular flexibility index (Phi) is 10.2. The van der Waals surface area contributed by atoms with Crippen molar-refractivity contribution < 1.29 is 0 Å². The van der Waals surface area contributed by atoms with Crippen molar-refractivity contribution in [1.82, 2.24) is 20.0 Å². The van der Waals surface area contributed by atoms with E-state index in [2.05, 4.69) is 45.9 Å². The van der Waals surface area contributed by atoms with E-state index in [4.69, 9.17) is 0 Å². The Labute approximate surface area is 137 Å². The zero-order valence-electron chi connectivity index (χ0n) is 15.3.